The Balaban J connectivity index is 1.73. The molecule has 1 aromatic heterocycles. The SMILES string of the molecule is COCCOc1ccc(N2C(=S)N(c3cnc(C#N)c(C(F)(F)F)c3)C(=O)C23CCC3)cc1F. The third kappa shape index (κ3) is 3.84. The maximum Gasteiger partial charge on any atom is 0.419 e. The molecule has 0 bridgehead atoms. The minimum absolute atomic E-state index is 0.0112. The number of aromatic nitrogens is 1. The number of hydrogen-bond donors (Lipinski definition) is 0. The molecule has 1 spiro atoms. The quantitative estimate of drug-likeness (QED) is 0.338. The van der Waals surface area contributed by atoms with E-state index < -0.39 is 34.7 Å². The number of nitriles is 1. The van der Waals surface area contributed by atoms with Crippen molar-refractivity contribution < 1.29 is 31.8 Å². The number of ether oxygens (including phenoxy) is 2. The van der Waals surface area contributed by atoms with Crippen LogP contribution in [0.1, 0.15) is 30.5 Å². The van der Waals surface area contributed by atoms with Crippen LogP contribution in [0.15, 0.2) is 30.5 Å². The van der Waals surface area contributed by atoms with Gasteiger partial charge in [-0.1, -0.05) is 0 Å². The van der Waals surface area contributed by atoms with Gasteiger partial charge in [0, 0.05) is 18.9 Å². The van der Waals surface area contributed by atoms with Crippen molar-refractivity contribution in [1.29, 1.82) is 5.26 Å². The number of hydrogen-bond acceptors (Lipinski definition) is 6. The fourth-order valence-electron chi connectivity index (χ4n) is 4.07. The highest BCUT2D eigenvalue weighted by atomic mass is 32.1. The van der Waals surface area contributed by atoms with Gasteiger partial charge in [-0.3, -0.25) is 9.69 Å². The van der Waals surface area contributed by atoms with Gasteiger partial charge in [0.1, 0.15) is 18.2 Å². The molecule has 1 amide bonds. The largest absolute Gasteiger partial charge is 0.488 e. The predicted molar refractivity (Wildman–Crippen MR) is 117 cm³/mol. The zero-order chi connectivity index (χ0) is 24.7. The number of pyridine rings is 1. The molecule has 0 unspecified atom stereocenters. The van der Waals surface area contributed by atoms with Crippen LogP contribution < -0.4 is 14.5 Å². The highest BCUT2D eigenvalue weighted by Gasteiger charge is 2.59. The smallest absolute Gasteiger partial charge is 0.419 e. The second kappa shape index (κ2) is 8.81. The van der Waals surface area contributed by atoms with E-state index in [0.717, 1.165) is 11.1 Å². The lowest BCUT2D eigenvalue weighted by Crippen LogP contribution is -2.55. The van der Waals surface area contributed by atoms with Crippen LogP contribution >= 0.6 is 12.2 Å². The van der Waals surface area contributed by atoms with Gasteiger partial charge in [-0.05, 0) is 49.7 Å². The van der Waals surface area contributed by atoms with Gasteiger partial charge in [-0.15, -0.1) is 0 Å². The summed E-state index contributed by atoms with van der Waals surface area (Å²) in [6.07, 6.45) is -2.37. The first-order valence-corrected chi connectivity index (χ1v) is 10.6. The topological polar surface area (TPSA) is 78.7 Å². The van der Waals surface area contributed by atoms with E-state index in [9.17, 15) is 22.4 Å². The van der Waals surface area contributed by atoms with Crippen LogP contribution in [0.5, 0.6) is 5.75 Å². The molecular weight excluding hydrogens is 476 g/mol. The maximum absolute atomic E-state index is 14.7. The Morgan fingerprint density at radius 1 is 1.24 bits per heavy atom. The predicted octanol–water partition coefficient (Wildman–Crippen LogP) is 4.20. The summed E-state index contributed by atoms with van der Waals surface area (Å²) >= 11 is 5.50. The van der Waals surface area contributed by atoms with E-state index in [1.165, 1.54) is 36.3 Å². The van der Waals surface area contributed by atoms with E-state index >= 15 is 0 Å². The summed E-state index contributed by atoms with van der Waals surface area (Å²) in [4.78, 5) is 19.5. The lowest BCUT2D eigenvalue weighted by atomic mass is 9.75. The van der Waals surface area contributed by atoms with Crippen molar-refractivity contribution >= 4 is 34.6 Å². The van der Waals surface area contributed by atoms with Gasteiger partial charge in [-0.2, -0.15) is 18.4 Å². The second-order valence-electron chi connectivity index (χ2n) is 7.80. The number of carbonyl (C=O) groups is 1. The molecule has 1 saturated carbocycles. The number of nitrogens with zero attached hydrogens (tertiary/aromatic N) is 4. The van der Waals surface area contributed by atoms with E-state index in [0.29, 0.717) is 25.3 Å². The number of thiocarbonyl (C=S) groups is 1. The van der Waals surface area contributed by atoms with Crippen molar-refractivity contribution in [1.82, 2.24) is 4.98 Å². The standard InChI is InChI=1S/C22H18F4N4O3S/c1-32-7-8-33-18-4-3-13(10-16(18)23)30-20(34)29(19(31)21(30)5-2-6-21)14-9-15(22(24,25)26)17(11-27)28-12-14/h3-4,9-10,12H,2,5-8H2,1H3. The minimum Gasteiger partial charge on any atom is -0.488 e. The first-order valence-electron chi connectivity index (χ1n) is 10.2. The zero-order valence-corrected chi connectivity index (χ0v) is 18.7. The van der Waals surface area contributed by atoms with Crippen molar-refractivity contribution in [2.24, 2.45) is 0 Å². The van der Waals surface area contributed by atoms with Crippen molar-refractivity contribution in [2.75, 3.05) is 30.1 Å². The number of carbonyl (C=O) groups excluding carboxylic acids is 1. The van der Waals surface area contributed by atoms with Gasteiger partial charge in [0.25, 0.3) is 5.91 Å². The zero-order valence-electron chi connectivity index (χ0n) is 17.9. The monoisotopic (exact) mass is 494 g/mol. The normalized spacial score (nSPS) is 17.2. The molecule has 34 heavy (non-hydrogen) atoms. The van der Waals surface area contributed by atoms with E-state index in [2.05, 4.69) is 4.98 Å². The van der Waals surface area contributed by atoms with E-state index in [1.54, 1.807) is 0 Å². The fraction of sp³-hybridized carbons (Fsp3) is 0.364. The Morgan fingerprint density at radius 3 is 2.53 bits per heavy atom. The lowest BCUT2D eigenvalue weighted by Gasteiger charge is -2.43. The molecule has 1 aliphatic carbocycles. The van der Waals surface area contributed by atoms with Gasteiger partial charge in [-0.25, -0.2) is 9.37 Å². The average molecular weight is 494 g/mol. The summed E-state index contributed by atoms with van der Waals surface area (Å²) in [5.74, 6) is -1.22. The summed E-state index contributed by atoms with van der Waals surface area (Å²) < 4.78 is 65.3. The first kappa shape index (κ1) is 23.8. The highest BCUT2D eigenvalue weighted by molar-refractivity contribution is 7.81. The molecule has 2 aromatic rings. The average Bonchev–Trinajstić information content (AvgIpc) is 3.00. The molecule has 2 fully saturated rings. The molecule has 12 heteroatoms. The van der Waals surface area contributed by atoms with Crippen LogP contribution in [0.25, 0.3) is 0 Å². The Bertz CT molecular complexity index is 1190. The van der Waals surface area contributed by atoms with Gasteiger partial charge in [0.2, 0.25) is 0 Å². The molecule has 4 rings (SSSR count). The number of amides is 1. The van der Waals surface area contributed by atoms with Crippen LogP contribution in [0.3, 0.4) is 0 Å². The van der Waals surface area contributed by atoms with E-state index in [1.807, 2.05) is 0 Å². The van der Waals surface area contributed by atoms with Gasteiger partial charge in [0.05, 0.1) is 24.1 Å². The first-order chi connectivity index (χ1) is 16.1. The van der Waals surface area contributed by atoms with Gasteiger partial charge < -0.3 is 14.4 Å². The van der Waals surface area contributed by atoms with E-state index in [-0.39, 0.29) is 35.5 Å². The molecule has 1 saturated heterocycles. The van der Waals surface area contributed by atoms with Crippen molar-refractivity contribution in [3.63, 3.8) is 0 Å². The van der Waals surface area contributed by atoms with Crippen molar-refractivity contribution in [3.8, 4) is 11.8 Å². The fourth-order valence-corrected chi connectivity index (χ4v) is 4.54. The highest BCUT2D eigenvalue weighted by Crippen LogP contribution is 2.48. The number of benzene rings is 1. The molecular formula is C22H18F4N4O3S. The van der Waals surface area contributed by atoms with Crippen LogP contribution in [-0.2, 0) is 15.7 Å². The van der Waals surface area contributed by atoms with Crippen molar-refractivity contribution in [2.45, 2.75) is 31.0 Å². The number of anilines is 2. The van der Waals surface area contributed by atoms with Gasteiger partial charge in [0.15, 0.2) is 22.4 Å². The molecule has 0 radical (unpaired) electrons. The molecule has 0 N–H and O–H groups in total. The molecule has 2 aliphatic rings. The second-order valence-corrected chi connectivity index (χ2v) is 8.16. The summed E-state index contributed by atoms with van der Waals surface area (Å²) in [5.41, 5.74) is -3.15. The number of halogens is 4. The molecule has 7 nitrogen and oxygen atoms in total. The van der Waals surface area contributed by atoms with Crippen LogP contribution in [0, 0.1) is 17.1 Å². The molecule has 1 aliphatic heterocycles. The Hall–Kier alpha value is -3.30. The lowest BCUT2D eigenvalue weighted by molar-refractivity contribution is -0.138. The van der Waals surface area contributed by atoms with Crippen LogP contribution in [0.2, 0.25) is 0 Å². The van der Waals surface area contributed by atoms with Crippen LogP contribution in [-0.4, -0.2) is 41.9 Å². The Labute approximate surface area is 197 Å². The van der Waals surface area contributed by atoms with Crippen LogP contribution in [0.4, 0.5) is 28.9 Å². The Kier molecular flexibility index (Phi) is 6.18. The summed E-state index contributed by atoms with van der Waals surface area (Å²) in [7, 11) is 1.49. The number of alkyl halides is 3. The molecule has 0 atom stereocenters. The number of methoxy groups -OCH3 is 1. The van der Waals surface area contributed by atoms with E-state index in [4.69, 9.17) is 27.0 Å². The molecule has 178 valence electrons. The van der Waals surface area contributed by atoms with Gasteiger partial charge >= 0.3 is 6.18 Å². The summed E-state index contributed by atoms with van der Waals surface area (Å²) in [5, 5.41) is 8.90. The Morgan fingerprint density at radius 2 is 1.97 bits per heavy atom. The minimum atomic E-state index is -4.85. The molecule has 1 aromatic carbocycles. The molecule has 2 heterocycles. The summed E-state index contributed by atoms with van der Waals surface area (Å²) in [6.45, 7) is 0.404. The number of rotatable bonds is 6. The van der Waals surface area contributed by atoms with Crippen molar-refractivity contribution in [3.05, 3.63) is 47.5 Å². The maximum atomic E-state index is 14.7. The third-order valence-electron chi connectivity index (χ3n) is 5.85. The summed E-state index contributed by atoms with van der Waals surface area (Å²) in [6, 6.07) is 6.19. The third-order valence-corrected chi connectivity index (χ3v) is 6.22.